The zero-order valence-corrected chi connectivity index (χ0v) is 6.79. The van der Waals surface area contributed by atoms with Crippen molar-refractivity contribution in [2.45, 2.75) is 0 Å². The Hall–Kier alpha value is -0.960. The number of aromatic nitrogens is 1. The zero-order valence-electron chi connectivity index (χ0n) is 5.97. The third-order valence-corrected chi connectivity index (χ3v) is 2.27. The molecule has 0 spiro atoms. The molecule has 11 heavy (non-hydrogen) atoms. The maximum atomic E-state index is 4.04. The Morgan fingerprint density at radius 2 is 2.55 bits per heavy atom. The van der Waals surface area contributed by atoms with Crippen molar-refractivity contribution in [3.05, 3.63) is 36.1 Å². The van der Waals surface area contributed by atoms with E-state index in [-0.39, 0.29) is 0 Å². The molecule has 0 aromatic carbocycles. The van der Waals surface area contributed by atoms with E-state index in [2.05, 4.69) is 27.6 Å². The third kappa shape index (κ3) is 1.38. The molecule has 0 aliphatic carbocycles. The molecule has 0 N–H and O–H groups in total. The summed E-state index contributed by atoms with van der Waals surface area (Å²) in [5, 5.41) is 2.09. The monoisotopic (exact) mass is 164 g/mol. The zero-order chi connectivity index (χ0) is 7.52. The van der Waals surface area contributed by atoms with Crippen LogP contribution < -0.4 is 4.90 Å². The van der Waals surface area contributed by atoms with E-state index in [0.29, 0.717) is 0 Å². The standard InChI is InChI=1S/C8H8N2S/c1-2-8(6-9-3-1)10-4-5-11-7-10/h1-6H,7H2. The molecule has 1 aliphatic rings. The molecular weight excluding hydrogens is 156 g/mol. The highest BCUT2D eigenvalue weighted by molar-refractivity contribution is 8.02. The summed E-state index contributed by atoms with van der Waals surface area (Å²) in [7, 11) is 0. The van der Waals surface area contributed by atoms with Crippen molar-refractivity contribution in [2.24, 2.45) is 0 Å². The molecule has 56 valence electrons. The number of anilines is 1. The highest BCUT2D eigenvalue weighted by Crippen LogP contribution is 2.21. The van der Waals surface area contributed by atoms with Gasteiger partial charge in [0.05, 0.1) is 17.8 Å². The minimum atomic E-state index is 1.01. The van der Waals surface area contributed by atoms with Crippen LogP contribution in [-0.4, -0.2) is 10.9 Å². The summed E-state index contributed by atoms with van der Waals surface area (Å²) < 4.78 is 0. The van der Waals surface area contributed by atoms with Gasteiger partial charge in [-0.25, -0.2) is 0 Å². The second-order valence-corrected chi connectivity index (χ2v) is 3.13. The minimum absolute atomic E-state index is 1.01. The SMILES string of the molecule is C1=CN(c2cccnc2)CS1. The van der Waals surface area contributed by atoms with Gasteiger partial charge in [-0.1, -0.05) is 0 Å². The van der Waals surface area contributed by atoms with E-state index in [1.165, 1.54) is 0 Å². The van der Waals surface area contributed by atoms with Crippen LogP contribution in [0, 0.1) is 0 Å². The van der Waals surface area contributed by atoms with Crippen molar-refractivity contribution in [3.63, 3.8) is 0 Å². The summed E-state index contributed by atoms with van der Waals surface area (Å²) in [6, 6.07) is 4.01. The first kappa shape index (κ1) is 6.73. The number of rotatable bonds is 1. The van der Waals surface area contributed by atoms with Crippen molar-refractivity contribution in [3.8, 4) is 0 Å². The smallest absolute Gasteiger partial charge is 0.0724 e. The maximum Gasteiger partial charge on any atom is 0.0724 e. The lowest BCUT2D eigenvalue weighted by Crippen LogP contribution is -2.10. The molecule has 0 saturated heterocycles. The predicted octanol–water partition coefficient (Wildman–Crippen LogP) is 2.06. The Morgan fingerprint density at radius 1 is 1.55 bits per heavy atom. The van der Waals surface area contributed by atoms with Crippen molar-refractivity contribution in [1.82, 2.24) is 4.98 Å². The Morgan fingerprint density at radius 3 is 3.18 bits per heavy atom. The molecule has 3 heteroatoms. The van der Waals surface area contributed by atoms with E-state index >= 15 is 0 Å². The van der Waals surface area contributed by atoms with E-state index in [4.69, 9.17) is 0 Å². The molecule has 0 saturated carbocycles. The molecule has 0 amide bonds. The lowest BCUT2D eigenvalue weighted by molar-refractivity contribution is 1.16. The van der Waals surface area contributed by atoms with Gasteiger partial charge in [0.15, 0.2) is 0 Å². The summed E-state index contributed by atoms with van der Waals surface area (Å²) >= 11 is 1.79. The van der Waals surface area contributed by atoms with Crippen LogP contribution in [0.15, 0.2) is 36.1 Å². The van der Waals surface area contributed by atoms with Crippen LogP contribution in [0.25, 0.3) is 0 Å². The Labute approximate surface area is 69.9 Å². The van der Waals surface area contributed by atoms with Crippen LogP contribution in [0.4, 0.5) is 5.69 Å². The molecule has 1 aromatic heterocycles. The maximum absolute atomic E-state index is 4.04. The first-order valence-corrected chi connectivity index (χ1v) is 4.46. The number of hydrogen-bond acceptors (Lipinski definition) is 3. The highest BCUT2D eigenvalue weighted by Gasteiger charge is 2.05. The molecule has 1 aromatic rings. The van der Waals surface area contributed by atoms with Gasteiger partial charge in [-0.15, -0.1) is 11.8 Å². The fourth-order valence-electron chi connectivity index (χ4n) is 0.967. The van der Waals surface area contributed by atoms with E-state index in [0.717, 1.165) is 11.6 Å². The lowest BCUT2D eigenvalue weighted by atomic mass is 10.4. The first-order valence-electron chi connectivity index (χ1n) is 3.42. The van der Waals surface area contributed by atoms with Gasteiger partial charge in [-0.05, 0) is 17.5 Å². The van der Waals surface area contributed by atoms with Gasteiger partial charge < -0.3 is 4.90 Å². The molecule has 2 heterocycles. The molecule has 0 atom stereocenters. The average Bonchev–Trinajstić information content (AvgIpc) is 2.58. The molecule has 0 radical (unpaired) electrons. The first-order chi connectivity index (χ1) is 5.47. The number of pyridine rings is 1. The molecule has 2 rings (SSSR count). The van der Waals surface area contributed by atoms with Gasteiger partial charge in [0.1, 0.15) is 0 Å². The fraction of sp³-hybridized carbons (Fsp3) is 0.125. The van der Waals surface area contributed by atoms with Gasteiger partial charge in [0, 0.05) is 12.4 Å². The highest BCUT2D eigenvalue weighted by atomic mass is 32.2. The van der Waals surface area contributed by atoms with Gasteiger partial charge in [0.2, 0.25) is 0 Å². The van der Waals surface area contributed by atoms with Crippen molar-refractivity contribution in [2.75, 3.05) is 10.8 Å². The van der Waals surface area contributed by atoms with Gasteiger partial charge in [0.25, 0.3) is 0 Å². The van der Waals surface area contributed by atoms with Gasteiger partial charge in [-0.3, -0.25) is 4.98 Å². The number of thioether (sulfide) groups is 1. The quantitative estimate of drug-likeness (QED) is 0.632. The van der Waals surface area contributed by atoms with Crippen LogP contribution in [0.1, 0.15) is 0 Å². The summed E-state index contributed by atoms with van der Waals surface area (Å²) in [5.74, 6) is 1.01. The van der Waals surface area contributed by atoms with Crippen LogP contribution in [-0.2, 0) is 0 Å². The normalized spacial score (nSPS) is 15.8. The summed E-state index contributed by atoms with van der Waals surface area (Å²) in [6.45, 7) is 0. The second-order valence-electron chi connectivity index (χ2n) is 2.26. The van der Waals surface area contributed by atoms with E-state index in [1.807, 2.05) is 12.3 Å². The number of nitrogens with zero attached hydrogens (tertiary/aromatic N) is 2. The lowest BCUT2D eigenvalue weighted by Gasteiger charge is -2.12. The van der Waals surface area contributed by atoms with Crippen LogP contribution >= 0.6 is 11.8 Å². The van der Waals surface area contributed by atoms with E-state index in [9.17, 15) is 0 Å². The summed E-state index contributed by atoms with van der Waals surface area (Å²) in [5.41, 5.74) is 1.16. The van der Waals surface area contributed by atoms with Crippen molar-refractivity contribution >= 4 is 17.4 Å². The molecule has 2 nitrogen and oxygen atoms in total. The second kappa shape index (κ2) is 2.96. The van der Waals surface area contributed by atoms with Crippen molar-refractivity contribution < 1.29 is 0 Å². The third-order valence-electron chi connectivity index (χ3n) is 1.53. The molecular formula is C8H8N2S. The molecule has 0 bridgehead atoms. The van der Waals surface area contributed by atoms with Crippen LogP contribution in [0.2, 0.25) is 0 Å². The van der Waals surface area contributed by atoms with E-state index in [1.54, 1.807) is 18.0 Å². The van der Waals surface area contributed by atoms with Gasteiger partial charge >= 0.3 is 0 Å². The molecule has 0 fully saturated rings. The Bertz CT molecular complexity index is 258. The predicted molar refractivity (Wildman–Crippen MR) is 48.3 cm³/mol. The fourth-order valence-corrected chi connectivity index (χ4v) is 1.68. The van der Waals surface area contributed by atoms with Crippen molar-refractivity contribution in [1.29, 1.82) is 0 Å². The summed E-state index contributed by atoms with van der Waals surface area (Å²) in [4.78, 5) is 6.21. The Balaban J connectivity index is 2.23. The topological polar surface area (TPSA) is 16.1 Å². The molecule has 0 unspecified atom stereocenters. The average molecular weight is 164 g/mol. The summed E-state index contributed by atoms with van der Waals surface area (Å²) in [6.07, 6.45) is 5.73. The van der Waals surface area contributed by atoms with Crippen LogP contribution in [0.5, 0.6) is 0 Å². The minimum Gasteiger partial charge on any atom is -0.336 e. The van der Waals surface area contributed by atoms with E-state index < -0.39 is 0 Å². The number of hydrogen-bond donors (Lipinski definition) is 0. The van der Waals surface area contributed by atoms with Crippen LogP contribution in [0.3, 0.4) is 0 Å². The Kier molecular flexibility index (Phi) is 1.81. The largest absolute Gasteiger partial charge is 0.336 e. The van der Waals surface area contributed by atoms with Gasteiger partial charge in [-0.2, -0.15) is 0 Å². The molecule has 1 aliphatic heterocycles.